The predicted molar refractivity (Wildman–Crippen MR) is 114 cm³/mol. The van der Waals surface area contributed by atoms with Crippen LogP contribution < -0.4 is 33.2 Å². The number of nitrogens with two attached hydrogens (primary N) is 3. The first-order chi connectivity index (χ1) is 15.3. The summed E-state index contributed by atoms with van der Waals surface area (Å²) in [5.74, 6) is -7.70. The zero-order valence-corrected chi connectivity index (χ0v) is 18.4. The highest BCUT2D eigenvalue weighted by molar-refractivity contribution is 7.80. The van der Waals surface area contributed by atoms with E-state index in [1.807, 2.05) is 0 Å². The molecule has 15 nitrogen and oxygen atoms in total. The van der Waals surface area contributed by atoms with Gasteiger partial charge in [0.25, 0.3) is 0 Å². The first kappa shape index (κ1) is 29.6. The van der Waals surface area contributed by atoms with Crippen molar-refractivity contribution in [3.63, 3.8) is 0 Å². The number of rotatable bonds is 16. The van der Waals surface area contributed by atoms with Crippen molar-refractivity contribution in [3.05, 3.63) is 0 Å². The van der Waals surface area contributed by atoms with Crippen LogP contribution in [0.15, 0.2) is 0 Å². The summed E-state index contributed by atoms with van der Waals surface area (Å²) in [7, 11) is 0. The Bertz CT molecular complexity index is 778. The van der Waals surface area contributed by atoms with E-state index < -0.39 is 78.5 Å². The summed E-state index contributed by atoms with van der Waals surface area (Å²) in [5, 5.41) is 24.6. The summed E-state index contributed by atoms with van der Waals surface area (Å²) >= 11 is 3.83. The number of carboxylic acid groups (broad SMARTS) is 2. The van der Waals surface area contributed by atoms with Gasteiger partial charge in [0.2, 0.25) is 29.5 Å². The molecule has 16 heteroatoms. The Kier molecular flexibility index (Phi) is 13.1. The van der Waals surface area contributed by atoms with Gasteiger partial charge >= 0.3 is 11.9 Å². The summed E-state index contributed by atoms with van der Waals surface area (Å²) in [4.78, 5) is 81.6. The van der Waals surface area contributed by atoms with Crippen LogP contribution in [-0.2, 0) is 33.6 Å². The SMILES string of the molecule is NC(=O)CCC(NC(=O)C(CCC(N)=O)NC(=O)C(CC(=O)O)NC(=O)C(N)CS)C(=O)O. The molecule has 0 aromatic carbocycles. The quantitative estimate of drug-likeness (QED) is 0.0936. The molecule has 0 saturated heterocycles. The number of primary amides is 2. The van der Waals surface area contributed by atoms with Crippen LogP contribution in [0.5, 0.6) is 0 Å². The Hall–Kier alpha value is -3.40. The molecule has 4 unspecified atom stereocenters. The van der Waals surface area contributed by atoms with E-state index in [9.17, 15) is 38.7 Å². The number of hydrogen-bond donors (Lipinski definition) is 9. The van der Waals surface area contributed by atoms with Gasteiger partial charge in [-0.2, -0.15) is 12.6 Å². The van der Waals surface area contributed by atoms with Crippen molar-refractivity contribution in [1.29, 1.82) is 0 Å². The third kappa shape index (κ3) is 12.3. The van der Waals surface area contributed by atoms with Crippen LogP contribution in [-0.4, -0.2) is 81.6 Å². The normalized spacial score (nSPS) is 14.1. The minimum Gasteiger partial charge on any atom is -0.481 e. The molecule has 0 saturated carbocycles. The maximum atomic E-state index is 12.6. The van der Waals surface area contributed by atoms with E-state index in [2.05, 4.69) is 28.6 Å². The van der Waals surface area contributed by atoms with Crippen molar-refractivity contribution in [3.8, 4) is 0 Å². The van der Waals surface area contributed by atoms with Crippen LogP contribution in [0, 0.1) is 0 Å². The third-order valence-electron chi connectivity index (χ3n) is 4.15. The Morgan fingerprint density at radius 2 is 1.15 bits per heavy atom. The summed E-state index contributed by atoms with van der Waals surface area (Å²) in [5.41, 5.74) is 15.5. The Morgan fingerprint density at radius 1 is 0.727 bits per heavy atom. The molecule has 0 aliphatic carbocycles. The Balaban J connectivity index is 5.56. The molecule has 4 atom stereocenters. The molecule has 0 fully saturated rings. The van der Waals surface area contributed by atoms with E-state index in [4.69, 9.17) is 22.3 Å². The molecular formula is C17H28N6O9S. The molecule has 11 N–H and O–H groups in total. The van der Waals surface area contributed by atoms with Gasteiger partial charge in [-0.15, -0.1) is 0 Å². The van der Waals surface area contributed by atoms with Crippen molar-refractivity contribution in [2.45, 2.75) is 56.3 Å². The lowest BCUT2D eigenvalue weighted by Gasteiger charge is -2.24. The van der Waals surface area contributed by atoms with E-state index in [0.29, 0.717) is 0 Å². The van der Waals surface area contributed by atoms with Gasteiger partial charge in [-0.3, -0.25) is 28.8 Å². The van der Waals surface area contributed by atoms with Gasteiger partial charge in [-0.05, 0) is 12.8 Å². The molecule has 0 spiro atoms. The highest BCUT2D eigenvalue weighted by Gasteiger charge is 2.31. The first-order valence-electron chi connectivity index (χ1n) is 9.57. The second-order valence-corrected chi connectivity index (χ2v) is 7.28. The average Bonchev–Trinajstić information content (AvgIpc) is 2.71. The molecule has 5 amide bonds. The lowest BCUT2D eigenvalue weighted by atomic mass is 10.1. The topological polar surface area (TPSA) is 274 Å². The average molecular weight is 493 g/mol. The van der Waals surface area contributed by atoms with Crippen molar-refractivity contribution >= 4 is 54.1 Å². The number of thiol groups is 1. The minimum atomic E-state index is -1.64. The summed E-state index contributed by atoms with van der Waals surface area (Å²) < 4.78 is 0. The number of aliphatic carboxylic acids is 2. The molecule has 0 aliphatic rings. The van der Waals surface area contributed by atoms with E-state index in [1.165, 1.54) is 0 Å². The lowest BCUT2D eigenvalue weighted by Crippen LogP contribution is -2.57. The molecule has 0 aliphatic heterocycles. The van der Waals surface area contributed by atoms with Crippen LogP contribution in [0.3, 0.4) is 0 Å². The number of carbonyl (C=O) groups excluding carboxylic acids is 5. The second kappa shape index (κ2) is 14.6. The van der Waals surface area contributed by atoms with Crippen LogP contribution in [0.2, 0.25) is 0 Å². The summed E-state index contributed by atoms with van der Waals surface area (Å²) in [6.45, 7) is 0. The highest BCUT2D eigenvalue weighted by Crippen LogP contribution is 2.04. The van der Waals surface area contributed by atoms with E-state index >= 15 is 0 Å². The van der Waals surface area contributed by atoms with Crippen LogP contribution in [0.4, 0.5) is 0 Å². The smallest absolute Gasteiger partial charge is 0.326 e. The van der Waals surface area contributed by atoms with Crippen molar-refractivity contribution in [2.75, 3.05) is 5.75 Å². The molecule has 0 heterocycles. The molecule has 0 aromatic heterocycles. The Labute approximate surface area is 193 Å². The van der Waals surface area contributed by atoms with Gasteiger partial charge in [0.15, 0.2) is 0 Å². The first-order valence-corrected chi connectivity index (χ1v) is 10.2. The van der Waals surface area contributed by atoms with E-state index in [0.717, 1.165) is 0 Å². The zero-order chi connectivity index (χ0) is 25.7. The van der Waals surface area contributed by atoms with Crippen molar-refractivity contribution < 1.29 is 43.8 Å². The largest absolute Gasteiger partial charge is 0.481 e. The number of hydrogen-bond acceptors (Lipinski definition) is 9. The number of nitrogens with one attached hydrogen (secondary N) is 3. The minimum absolute atomic E-state index is 0.0984. The molecular weight excluding hydrogens is 464 g/mol. The fourth-order valence-corrected chi connectivity index (χ4v) is 2.56. The van der Waals surface area contributed by atoms with Gasteiger partial charge in [0.05, 0.1) is 12.5 Å². The number of amides is 5. The van der Waals surface area contributed by atoms with Crippen molar-refractivity contribution in [2.24, 2.45) is 17.2 Å². The second-order valence-electron chi connectivity index (χ2n) is 6.92. The van der Waals surface area contributed by atoms with Crippen molar-refractivity contribution in [1.82, 2.24) is 16.0 Å². The number of carboxylic acids is 2. The van der Waals surface area contributed by atoms with E-state index in [-0.39, 0.29) is 25.0 Å². The molecule has 0 radical (unpaired) electrons. The van der Waals surface area contributed by atoms with Gasteiger partial charge in [0.1, 0.15) is 18.1 Å². The third-order valence-corrected chi connectivity index (χ3v) is 4.54. The monoisotopic (exact) mass is 492 g/mol. The van der Waals surface area contributed by atoms with Gasteiger partial charge in [-0.1, -0.05) is 0 Å². The maximum Gasteiger partial charge on any atom is 0.326 e. The predicted octanol–water partition coefficient (Wildman–Crippen LogP) is -4.21. The maximum absolute atomic E-state index is 12.6. The van der Waals surface area contributed by atoms with Gasteiger partial charge < -0.3 is 43.4 Å². The molecule has 0 bridgehead atoms. The molecule has 0 aromatic rings. The standard InChI is InChI=1S/C17H28N6O9S/c18-7(6-33)14(28)23-10(5-13(26)27)16(30)21-8(1-3-11(19)24)15(29)22-9(17(31)32)2-4-12(20)25/h7-10,33H,1-6,18H2,(H2,19,24)(H2,20,25)(H,21,30)(H,22,29)(H,23,28)(H,26,27)(H,31,32). The molecule has 186 valence electrons. The van der Waals surface area contributed by atoms with Crippen LogP contribution in [0.25, 0.3) is 0 Å². The zero-order valence-electron chi connectivity index (χ0n) is 17.5. The van der Waals surface area contributed by atoms with E-state index in [1.54, 1.807) is 0 Å². The van der Waals surface area contributed by atoms with Gasteiger partial charge in [-0.25, -0.2) is 4.79 Å². The summed E-state index contributed by atoms with van der Waals surface area (Å²) in [6, 6.07) is -5.85. The number of carbonyl (C=O) groups is 7. The Morgan fingerprint density at radius 3 is 1.58 bits per heavy atom. The summed E-state index contributed by atoms with van der Waals surface area (Å²) in [6.07, 6.45) is -2.31. The molecule has 33 heavy (non-hydrogen) atoms. The lowest BCUT2D eigenvalue weighted by molar-refractivity contribution is -0.143. The van der Waals surface area contributed by atoms with Crippen LogP contribution >= 0.6 is 12.6 Å². The fourth-order valence-electron chi connectivity index (χ4n) is 2.39. The van der Waals surface area contributed by atoms with Crippen LogP contribution in [0.1, 0.15) is 32.1 Å². The fraction of sp³-hybridized carbons (Fsp3) is 0.588. The van der Waals surface area contributed by atoms with Gasteiger partial charge in [0, 0.05) is 18.6 Å². The highest BCUT2D eigenvalue weighted by atomic mass is 32.1. The molecule has 0 rings (SSSR count).